The molecule has 19 heavy (non-hydrogen) atoms. The first-order chi connectivity index (χ1) is 8.80. The molecule has 0 saturated carbocycles. The molecule has 0 aromatic heterocycles. The number of rotatable bonds is 1. The maximum atomic E-state index is 11.9. The van der Waals surface area contributed by atoms with Gasteiger partial charge in [-0.05, 0) is 30.0 Å². The van der Waals surface area contributed by atoms with Gasteiger partial charge in [-0.1, -0.05) is 32.9 Å². The molecule has 1 saturated heterocycles. The molecule has 102 valence electrons. The number of carbonyl (C=O) groups excluding carboxylic acids is 2. The second-order valence-electron chi connectivity index (χ2n) is 5.95. The molecule has 1 unspecified atom stereocenters. The Bertz CT molecular complexity index is 500. The van der Waals surface area contributed by atoms with E-state index in [4.69, 9.17) is 0 Å². The smallest absolute Gasteiger partial charge is 0.247 e. The average molecular weight is 260 g/mol. The third-order valence-corrected chi connectivity index (χ3v) is 3.46. The molecular weight excluding hydrogens is 240 g/mol. The van der Waals surface area contributed by atoms with Crippen molar-refractivity contribution in [2.75, 3.05) is 11.4 Å². The molecule has 0 radical (unpaired) electrons. The van der Waals surface area contributed by atoms with Crippen molar-refractivity contribution in [1.29, 1.82) is 0 Å². The van der Waals surface area contributed by atoms with Gasteiger partial charge < -0.3 is 5.32 Å². The van der Waals surface area contributed by atoms with Crippen molar-refractivity contribution in [1.82, 2.24) is 5.32 Å². The van der Waals surface area contributed by atoms with Gasteiger partial charge in [0, 0.05) is 5.69 Å². The number of hydrogen-bond donors (Lipinski definition) is 1. The number of carbonyl (C=O) groups is 2. The van der Waals surface area contributed by atoms with Crippen LogP contribution in [0.3, 0.4) is 0 Å². The van der Waals surface area contributed by atoms with Crippen LogP contribution in [0.4, 0.5) is 5.69 Å². The molecule has 1 aliphatic rings. The lowest BCUT2D eigenvalue weighted by Crippen LogP contribution is -2.57. The third kappa shape index (κ3) is 2.62. The van der Waals surface area contributed by atoms with Crippen LogP contribution in [0.2, 0.25) is 0 Å². The van der Waals surface area contributed by atoms with Crippen LogP contribution < -0.4 is 10.2 Å². The molecule has 0 spiro atoms. The molecule has 2 rings (SSSR count). The van der Waals surface area contributed by atoms with Gasteiger partial charge in [0.15, 0.2) is 0 Å². The first kappa shape index (κ1) is 13.6. The summed E-state index contributed by atoms with van der Waals surface area (Å²) in [6.45, 7) is 8.24. The van der Waals surface area contributed by atoms with Crippen LogP contribution in [0.5, 0.6) is 0 Å². The third-order valence-electron chi connectivity index (χ3n) is 3.46. The lowest BCUT2D eigenvalue weighted by atomic mass is 9.87. The molecule has 1 N–H and O–H groups in total. The zero-order valence-electron chi connectivity index (χ0n) is 11.9. The van der Waals surface area contributed by atoms with Crippen LogP contribution in [0, 0.1) is 0 Å². The Labute approximate surface area is 113 Å². The maximum absolute atomic E-state index is 11.9. The summed E-state index contributed by atoms with van der Waals surface area (Å²) in [6, 6.07) is 7.40. The van der Waals surface area contributed by atoms with E-state index in [9.17, 15) is 9.59 Å². The maximum Gasteiger partial charge on any atom is 0.247 e. The summed E-state index contributed by atoms with van der Waals surface area (Å²) >= 11 is 0. The van der Waals surface area contributed by atoms with E-state index >= 15 is 0 Å². The average Bonchev–Trinajstić information content (AvgIpc) is 2.34. The van der Waals surface area contributed by atoms with E-state index in [-0.39, 0.29) is 23.8 Å². The zero-order chi connectivity index (χ0) is 14.2. The van der Waals surface area contributed by atoms with Gasteiger partial charge in [-0.2, -0.15) is 0 Å². The van der Waals surface area contributed by atoms with Gasteiger partial charge in [-0.25, -0.2) is 0 Å². The van der Waals surface area contributed by atoms with Crippen LogP contribution in [0.1, 0.15) is 33.3 Å². The van der Waals surface area contributed by atoms with E-state index in [1.807, 2.05) is 24.3 Å². The van der Waals surface area contributed by atoms with Crippen LogP contribution in [0.15, 0.2) is 24.3 Å². The predicted molar refractivity (Wildman–Crippen MR) is 75.1 cm³/mol. The summed E-state index contributed by atoms with van der Waals surface area (Å²) in [5.74, 6) is -0.185. The summed E-state index contributed by atoms with van der Waals surface area (Å²) in [4.78, 5) is 25.1. The number of piperazine rings is 1. The van der Waals surface area contributed by atoms with Crippen LogP contribution in [-0.4, -0.2) is 24.4 Å². The Kier molecular flexibility index (Phi) is 3.35. The molecule has 4 heteroatoms. The number of hydrogen-bond acceptors (Lipinski definition) is 2. The molecule has 1 aliphatic heterocycles. The molecule has 1 aromatic carbocycles. The number of amides is 2. The summed E-state index contributed by atoms with van der Waals surface area (Å²) < 4.78 is 0. The standard InChI is InChI=1S/C15H20N2O2/c1-10-14(19)16-9-13(18)17(10)12-7-5-11(6-8-12)15(2,3)4/h5-8,10H,9H2,1-4H3,(H,16,19). The van der Waals surface area contributed by atoms with Gasteiger partial charge in [0.1, 0.15) is 6.04 Å². The van der Waals surface area contributed by atoms with E-state index in [2.05, 4.69) is 26.1 Å². The summed E-state index contributed by atoms with van der Waals surface area (Å²) in [7, 11) is 0. The fraction of sp³-hybridized carbons (Fsp3) is 0.467. The topological polar surface area (TPSA) is 49.4 Å². The van der Waals surface area contributed by atoms with Gasteiger partial charge in [-0.15, -0.1) is 0 Å². The van der Waals surface area contributed by atoms with E-state index in [1.165, 1.54) is 5.56 Å². The highest BCUT2D eigenvalue weighted by atomic mass is 16.2. The van der Waals surface area contributed by atoms with Crippen molar-refractivity contribution in [3.8, 4) is 0 Å². The van der Waals surface area contributed by atoms with E-state index < -0.39 is 6.04 Å². The van der Waals surface area contributed by atoms with Crippen LogP contribution >= 0.6 is 0 Å². The lowest BCUT2D eigenvalue weighted by molar-refractivity contribution is -0.130. The molecule has 2 amide bonds. The number of anilines is 1. The van der Waals surface area contributed by atoms with E-state index in [1.54, 1.807) is 11.8 Å². The normalized spacial score (nSPS) is 20.4. The minimum absolute atomic E-state index is 0.0735. The predicted octanol–water partition coefficient (Wildman–Crippen LogP) is 1.84. The van der Waals surface area contributed by atoms with Gasteiger partial charge in [0.05, 0.1) is 6.54 Å². The second-order valence-corrected chi connectivity index (χ2v) is 5.95. The SMILES string of the molecule is CC1C(=O)NCC(=O)N1c1ccc(C(C)(C)C)cc1. The van der Waals surface area contributed by atoms with Gasteiger partial charge >= 0.3 is 0 Å². The number of nitrogens with one attached hydrogen (secondary N) is 1. The van der Waals surface area contributed by atoms with Crippen molar-refractivity contribution in [2.45, 2.75) is 39.2 Å². The second kappa shape index (κ2) is 4.68. The number of nitrogens with zero attached hydrogens (tertiary/aromatic N) is 1. The molecule has 1 atom stereocenters. The van der Waals surface area contributed by atoms with Crippen molar-refractivity contribution >= 4 is 17.5 Å². The minimum Gasteiger partial charge on any atom is -0.345 e. The van der Waals surface area contributed by atoms with Crippen molar-refractivity contribution in [3.05, 3.63) is 29.8 Å². The number of benzene rings is 1. The highest BCUT2D eigenvalue weighted by Crippen LogP contribution is 2.26. The fourth-order valence-electron chi connectivity index (χ4n) is 2.22. The van der Waals surface area contributed by atoms with Crippen molar-refractivity contribution < 1.29 is 9.59 Å². The minimum atomic E-state index is -0.457. The highest BCUT2D eigenvalue weighted by molar-refractivity contribution is 6.06. The van der Waals surface area contributed by atoms with Gasteiger partial charge in [0.25, 0.3) is 0 Å². The molecule has 1 aromatic rings. The van der Waals surface area contributed by atoms with E-state index in [0.29, 0.717) is 0 Å². The lowest BCUT2D eigenvalue weighted by Gasteiger charge is -2.33. The Balaban J connectivity index is 2.31. The Morgan fingerprint density at radius 1 is 1.16 bits per heavy atom. The summed E-state index contributed by atoms with van der Waals surface area (Å²) in [5, 5.41) is 2.59. The Hall–Kier alpha value is -1.84. The van der Waals surface area contributed by atoms with E-state index in [0.717, 1.165) is 5.69 Å². The molecular formula is C15H20N2O2. The summed E-state index contributed by atoms with van der Waals surface area (Å²) in [5.41, 5.74) is 2.06. The monoisotopic (exact) mass is 260 g/mol. The molecule has 4 nitrogen and oxygen atoms in total. The fourth-order valence-corrected chi connectivity index (χ4v) is 2.22. The largest absolute Gasteiger partial charge is 0.345 e. The summed E-state index contributed by atoms with van der Waals surface area (Å²) in [6.07, 6.45) is 0. The zero-order valence-corrected chi connectivity index (χ0v) is 11.9. The first-order valence-corrected chi connectivity index (χ1v) is 6.51. The molecule has 0 aliphatic carbocycles. The van der Waals surface area contributed by atoms with Crippen LogP contribution in [0.25, 0.3) is 0 Å². The first-order valence-electron chi connectivity index (χ1n) is 6.51. The van der Waals surface area contributed by atoms with Crippen molar-refractivity contribution in [3.63, 3.8) is 0 Å². The Morgan fingerprint density at radius 2 is 1.74 bits per heavy atom. The van der Waals surface area contributed by atoms with Gasteiger partial charge in [0.2, 0.25) is 11.8 Å². The van der Waals surface area contributed by atoms with Gasteiger partial charge in [-0.3, -0.25) is 14.5 Å². The molecule has 0 bridgehead atoms. The quantitative estimate of drug-likeness (QED) is 0.837. The Morgan fingerprint density at radius 3 is 2.26 bits per heavy atom. The molecule has 1 heterocycles. The molecule has 1 fully saturated rings. The van der Waals surface area contributed by atoms with Crippen molar-refractivity contribution in [2.24, 2.45) is 0 Å². The highest BCUT2D eigenvalue weighted by Gasteiger charge is 2.32. The van der Waals surface area contributed by atoms with Crippen LogP contribution in [-0.2, 0) is 15.0 Å².